The predicted octanol–water partition coefficient (Wildman–Crippen LogP) is 4.34. The summed E-state index contributed by atoms with van der Waals surface area (Å²) in [7, 11) is -3.62. The zero-order valence-electron chi connectivity index (χ0n) is 19.8. The van der Waals surface area contributed by atoms with Crippen LogP contribution in [0.2, 0.25) is 0 Å². The van der Waals surface area contributed by atoms with Crippen molar-refractivity contribution in [3.63, 3.8) is 0 Å². The van der Waals surface area contributed by atoms with E-state index in [9.17, 15) is 13.5 Å². The van der Waals surface area contributed by atoms with Crippen LogP contribution in [-0.2, 0) is 23.1 Å². The number of aliphatic hydroxyl groups excluding tert-OH is 1. The van der Waals surface area contributed by atoms with Crippen molar-refractivity contribution in [3.05, 3.63) is 95.7 Å². The fourth-order valence-electron chi connectivity index (χ4n) is 3.97. The molecule has 0 aliphatic heterocycles. The van der Waals surface area contributed by atoms with Crippen LogP contribution in [0.1, 0.15) is 29.7 Å². The van der Waals surface area contributed by atoms with Crippen LogP contribution in [-0.4, -0.2) is 37.4 Å². The first-order valence-corrected chi connectivity index (χ1v) is 13.3. The van der Waals surface area contributed by atoms with E-state index >= 15 is 0 Å². The summed E-state index contributed by atoms with van der Waals surface area (Å²) in [4.78, 5) is 3.12. The van der Waals surface area contributed by atoms with E-state index in [0.717, 1.165) is 28.3 Å². The zero-order chi connectivity index (χ0) is 24.8. The summed E-state index contributed by atoms with van der Waals surface area (Å²) in [5.74, 6) is 0.992. The van der Waals surface area contributed by atoms with Crippen LogP contribution < -0.4 is 14.2 Å². The summed E-state index contributed by atoms with van der Waals surface area (Å²) in [6, 6.07) is 22.9. The van der Waals surface area contributed by atoms with Gasteiger partial charge >= 0.3 is 10.1 Å². The van der Waals surface area contributed by atoms with Crippen molar-refractivity contribution in [2.75, 3.05) is 12.8 Å². The average molecular weight is 495 g/mol. The van der Waals surface area contributed by atoms with Gasteiger partial charge in [-0.3, -0.25) is 0 Å². The third kappa shape index (κ3) is 6.85. The lowest BCUT2D eigenvalue weighted by atomic mass is 10.0. The lowest BCUT2D eigenvalue weighted by Crippen LogP contribution is -2.32. The first-order chi connectivity index (χ1) is 16.8. The van der Waals surface area contributed by atoms with E-state index in [-0.39, 0.29) is 11.8 Å². The van der Waals surface area contributed by atoms with Crippen molar-refractivity contribution in [2.24, 2.45) is 0 Å². The van der Waals surface area contributed by atoms with Crippen molar-refractivity contribution in [1.29, 1.82) is 0 Å². The molecule has 1 aromatic heterocycles. The van der Waals surface area contributed by atoms with Gasteiger partial charge in [-0.05, 0) is 48.2 Å². The molecule has 7 nitrogen and oxygen atoms in total. The third-order valence-electron chi connectivity index (χ3n) is 5.68. The predicted molar refractivity (Wildman–Crippen MR) is 137 cm³/mol. The molecule has 2 atom stereocenters. The van der Waals surface area contributed by atoms with Gasteiger partial charge in [0.2, 0.25) is 0 Å². The molecule has 0 aliphatic carbocycles. The second-order valence-electron chi connectivity index (χ2n) is 8.66. The van der Waals surface area contributed by atoms with Gasteiger partial charge in [0.15, 0.2) is 5.75 Å². The molecule has 35 heavy (non-hydrogen) atoms. The molecule has 0 unspecified atom stereocenters. The first-order valence-electron chi connectivity index (χ1n) is 11.4. The van der Waals surface area contributed by atoms with Crippen molar-refractivity contribution < 1.29 is 22.4 Å². The molecule has 3 N–H and O–H groups in total. The van der Waals surface area contributed by atoms with Crippen molar-refractivity contribution in [3.8, 4) is 11.5 Å². The van der Waals surface area contributed by atoms with E-state index in [1.807, 2.05) is 73.8 Å². The molecular weight excluding hydrogens is 464 g/mol. The largest absolute Gasteiger partial charge is 0.489 e. The van der Waals surface area contributed by atoms with Gasteiger partial charge in [-0.25, -0.2) is 0 Å². The molecule has 8 heteroatoms. The maximum Gasteiger partial charge on any atom is 0.306 e. The molecule has 4 rings (SSSR count). The molecule has 3 aromatic carbocycles. The van der Waals surface area contributed by atoms with E-state index in [2.05, 4.69) is 10.3 Å². The number of H-pyrrole nitrogens is 1. The minimum absolute atomic E-state index is 0.0700. The van der Waals surface area contributed by atoms with E-state index < -0.39 is 16.2 Å². The average Bonchev–Trinajstić information content (AvgIpc) is 3.25. The van der Waals surface area contributed by atoms with Crippen LogP contribution in [0.4, 0.5) is 0 Å². The van der Waals surface area contributed by atoms with Gasteiger partial charge in [0.1, 0.15) is 12.4 Å². The lowest BCUT2D eigenvalue weighted by molar-refractivity contribution is 0.170. The maximum absolute atomic E-state index is 11.5. The van der Waals surface area contributed by atoms with Gasteiger partial charge < -0.3 is 24.3 Å². The Balaban J connectivity index is 1.34. The Kier molecular flexibility index (Phi) is 7.75. The molecule has 0 saturated carbocycles. The van der Waals surface area contributed by atoms with Gasteiger partial charge in [-0.2, -0.15) is 8.42 Å². The molecule has 0 aliphatic rings. The number of nitrogens with one attached hydrogen (secondary N) is 2. The van der Waals surface area contributed by atoms with E-state index in [1.165, 1.54) is 0 Å². The number of para-hydroxylation sites is 1. The van der Waals surface area contributed by atoms with Crippen molar-refractivity contribution >= 4 is 21.0 Å². The fraction of sp³-hybridized carbons (Fsp3) is 0.259. The molecule has 0 saturated heterocycles. The summed E-state index contributed by atoms with van der Waals surface area (Å²) >= 11 is 0. The number of hydrogen-bond donors (Lipinski definition) is 3. The zero-order valence-corrected chi connectivity index (χ0v) is 20.6. The second kappa shape index (κ2) is 10.9. The maximum atomic E-state index is 11.5. The number of aliphatic hydroxyl groups is 1. The molecular formula is C27H30N2O5S. The molecule has 0 fully saturated rings. The smallest absolute Gasteiger partial charge is 0.306 e. The molecule has 1 heterocycles. The highest BCUT2D eigenvalue weighted by Crippen LogP contribution is 2.29. The molecule has 0 bridgehead atoms. The Bertz CT molecular complexity index is 1370. The number of aromatic amines is 1. The number of rotatable bonds is 11. The number of aromatic nitrogens is 1. The van der Waals surface area contributed by atoms with Crippen molar-refractivity contribution in [1.82, 2.24) is 10.3 Å². The fourth-order valence-corrected chi connectivity index (χ4v) is 4.44. The van der Waals surface area contributed by atoms with Crippen LogP contribution in [0.3, 0.4) is 0 Å². The quantitative estimate of drug-likeness (QED) is 0.268. The minimum Gasteiger partial charge on any atom is -0.489 e. The summed E-state index contributed by atoms with van der Waals surface area (Å²) < 4.78 is 34.1. The lowest BCUT2D eigenvalue weighted by Gasteiger charge is -2.18. The van der Waals surface area contributed by atoms with Crippen LogP contribution in [0.5, 0.6) is 11.5 Å². The summed E-state index contributed by atoms with van der Waals surface area (Å²) in [6.45, 7) is 2.90. The van der Waals surface area contributed by atoms with Crippen LogP contribution in [0.25, 0.3) is 10.9 Å². The topological polar surface area (TPSA) is 101 Å². The Morgan fingerprint density at radius 3 is 2.57 bits per heavy atom. The third-order valence-corrected chi connectivity index (χ3v) is 6.16. The van der Waals surface area contributed by atoms with E-state index in [4.69, 9.17) is 8.92 Å². The minimum atomic E-state index is -3.62. The molecule has 0 spiro atoms. The van der Waals surface area contributed by atoms with Gasteiger partial charge in [-0.1, -0.05) is 54.6 Å². The Morgan fingerprint density at radius 2 is 1.80 bits per heavy atom. The molecule has 4 aromatic rings. The molecule has 0 amide bonds. The molecule has 184 valence electrons. The standard InChI is InChI=1S/C27H30N2O5S/c1-19(14-22-16-29-27-24(22)12-7-13-26(27)34-35(2,31)32)28-17-25(30)21-10-6-11-23(15-21)33-18-20-8-4-3-5-9-20/h3-13,15-16,19,25,28-30H,14,17-18H2,1-2H3/t19-,25+/m1/s1. The van der Waals surface area contributed by atoms with Crippen LogP contribution in [0.15, 0.2) is 79.0 Å². The highest BCUT2D eigenvalue weighted by molar-refractivity contribution is 7.86. The Morgan fingerprint density at radius 1 is 1.03 bits per heavy atom. The summed E-state index contributed by atoms with van der Waals surface area (Å²) in [5.41, 5.74) is 3.54. The highest BCUT2D eigenvalue weighted by Gasteiger charge is 2.15. The van der Waals surface area contributed by atoms with Gasteiger partial charge in [0.25, 0.3) is 0 Å². The van der Waals surface area contributed by atoms with Gasteiger partial charge in [-0.15, -0.1) is 0 Å². The normalized spacial score (nSPS) is 13.5. The second-order valence-corrected chi connectivity index (χ2v) is 10.2. The Hall–Kier alpha value is -3.33. The SMILES string of the molecule is C[C@H](Cc1c[nH]c2c(OS(C)(=O)=O)cccc12)NC[C@H](O)c1cccc(OCc2ccccc2)c1. The number of benzene rings is 3. The summed E-state index contributed by atoms with van der Waals surface area (Å²) in [5, 5.41) is 15.0. The summed E-state index contributed by atoms with van der Waals surface area (Å²) in [6.07, 6.45) is 2.89. The van der Waals surface area contributed by atoms with Gasteiger partial charge in [0, 0.05) is 24.2 Å². The van der Waals surface area contributed by atoms with Gasteiger partial charge in [0.05, 0.1) is 17.9 Å². The van der Waals surface area contributed by atoms with E-state index in [1.54, 1.807) is 12.1 Å². The monoisotopic (exact) mass is 494 g/mol. The number of ether oxygens (including phenoxy) is 1. The molecule has 0 radical (unpaired) electrons. The highest BCUT2D eigenvalue weighted by atomic mass is 32.2. The van der Waals surface area contributed by atoms with Crippen LogP contribution in [0, 0.1) is 0 Å². The Labute approximate surface area is 205 Å². The number of fused-ring (bicyclic) bond motifs is 1. The van der Waals surface area contributed by atoms with Crippen molar-refractivity contribution in [2.45, 2.75) is 32.1 Å². The van der Waals surface area contributed by atoms with Crippen LogP contribution >= 0.6 is 0 Å². The first kappa shape index (κ1) is 24.8. The van der Waals surface area contributed by atoms with E-state index in [0.29, 0.717) is 30.8 Å². The number of hydrogen-bond acceptors (Lipinski definition) is 6.